The Morgan fingerprint density at radius 2 is 1.90 bits per heavy atom. The zero-order valence-corrected chi connectivity index (χ0v) is 11.4. The number of ketones is 1. The van der Waals surface area contributed by atoms with Gasteiger partial charge in [0.25, 0.3) is 0 Å². The van der Waals surface area contributed by atoms with Gasteiger partial charge in [-0.05, 0) is 37.5 Å². The topological polar surface area (TPSA) is 26.3 Å². The highest BCUT2D eigenvalue weighted by molar-refractivity contribution is 5.96. The molecule has 0 N–H and O–H groups in total. The first-order valence-electron chi connectivity index (χ1n) is 6.64. The molecule has 0 aromatic heterocycles. The number of hydrogen-bond acceptors (Lipinski definition) is 2. The molecule has 2 aromatic rings. The average molecular weight is 272 g/mol. The number of halogens is 1. The maximum Gasteiger partial charge on any atom is 0.163 e. The largest absolute Gasteiger partial charge is 0.493 e. The van der Waals surface area contributed by atoms with Crippen LogP contribution in [0.1, 0.15) is 29.3 Å². The van der Waals surface area contributed by atoms with Crippen molar-refractivity contribution in [2.45, 2.75) is 19.8 Å². The first-order chi connectivity index (χ1) is 9.66. The molecule has 2 rings (SSSR count). The Morgan fingerprint density at radius 3 is 2.60 bits per heavy atom. The summed E-state index contributed by atoms with van der Waals surface area (Å²) in [6, 6.07) is 14.1. The number of Topliss-reactive ketones (excluding diaryl/α,β-unsaturated/α-hetero) is 1. The van der Waals surface area contributed by atoms with E-state index in [2.05, 4.69) is 12.1 Å². The smallest absolute Gasteiger partial charge is 0.163 e. The molecule has 0 radical (unpaired) electrons. The normalized spacial score (nSPS) is 10.3. The van der Waals surface area contributed by atoms with E-state index in [9.17, 15) is 9.18 Å². The first-order valence-corrected chi connectivity index (χ1v) is 6.64. The molecular weight excluding hydrogens is 255 g/mol. The van der Waals surface area contributed by atoms with Crippen LogP contribution in [0.25, 0.3) is 0 Å². The average Bonchev–Trinajstić information content (AvgIpc) is 2.44. The zero-order chi connectivity index (χ0) is 14.4. The molecule has 0 aliphatic heterocycles. The molecule has 0 atom stereocenters. The van der Waals surface area contributed by atoms with Gasteiger partial charge in [-0.25, -0.2) is 4.39 Å². The quantitative estimate of drug-likeness (QED) is 0.586. The Bertz CT molecular complexity index is 579. The summed E-state index contributed by atoms with van der Waals surface area (Å²) in [7, 11) is 0. The van der Waals surface area contributed by atoms with Gasteiger partial charge < -0.3 is 4.74 Å². The van der Waals surface area contributed by atoms with Crippen LogP contribution in [0.15, 0.2) is 48.5 Å². The van der Waals surface area contributed by atoms with Gasteiger partial charge in [-0.2, -0.15) is 0 Å². The van der Waals surface area contributed by atoms with Gasteiger partial charge in [-0.3, -0.25) is 4.79 Å². The van der Waals surface area contributed by atoms with Crippen LogP contribution < -0.4 is 4.74 Å². The Hall–Kier alpha value is -2.16. The lowest BCUT2D eigenvalue weighted by atomic mass is 10.1. The van der Waals surface area contributed by atoms with Gasteiger partial charge in [-0.1, -0.05) is 30.3 Å². The minimum atomic E-state index is -0.395. The fraction of sp³-hybridized carbons (Fsp3) is 0.235. The highest BCUT2D eigenvalue weighted by atomic mass is 19.1. The molecule has 0 aliphatic carbocycles. The Kier molecular flexibility index (Phi) is 4.88. The second kappa shape index (κ2) is 6.85. The van der Waals surface area contributed by atoms with Crippen molar-refractivity contribution in [2.24, 2.45) is 0 Å². The van der Waals surface area contributed by atoms with E-state index in [0.29, 0.717) is 17.9 Å². The van der Waals surface area contributed by atoms with E-state index < -0.39 is 5.82 Å². The molecule has 0 saturated carbocycles. The summed E-state index contributed by atoms with van der Waals surface area (Å²) in [5, 5.41) is 0. The van der Waals surface area contributed by atoms with E-state index in [1.807, 2.05) is 18.2 Å². The minimum Gasteiger partial charge on any atom is -0.493 e. The lowest BCUT2D eigenvalue weighted by Gasteiger charge is -2.10. The lowest BCUT2D eigenvalue weighted by molar-refractivity contribution is 0.101. The van der Waals surface area contributed by atoms with Crippen LogP contribution in [0.2, 0.25) is 0 Å². The number of carbonyl (C=O) groups excluding carboxylic acids is 1. The third-order valence-corrected chi connectivity index (χ3v) is 3.03. The molecule has 20 heavy (non-hydrogen) atoms. The zero-order valence-electron chi connectivity index (χ0n) is 11.4. The molecule has 0 unspecified atom stereocenters. The Morgan fingerprint density at radius 1 is 1.15 bits per heavy atom. The molecule has 0 amide bonds. The second-order valence-electron chi connectivity index (χ2n) is 4.63. The minimum absolute atomic E-state index is 0.122. The Labute approximate surface area is 118 Å². The second-order valence-corrected chi connectivity index (χ2v) is 4.63. The summed E-state index contributed by atoms with van der Waals surface area (Å²) in [6.07, 6.45) is 1.71. The van der Waals surface area contributed by atoms with E-state index >= 15 is 0 Å². The summed E-state index contributed by atoms with van der Waals surface area (Å²) < 4.78 is 18.7. The number of aryl methyl sites for hydroxylation is 1. The molecule has 0 heterocycles. The van der Waals surface area contributed by atoms with Crippen molar-refractivity contribution in [1.82, 2.24) is 0 Å². The van der Waals surface area contributed by atoms with Gasteiger partial charge in [0.05, 0.1) is 12.2 Å². The van der Waals surface area contributed by atoms with Crippen LogP contribution in [0.3, 0.4) is 0 Å². The van der Waals surface area contributed by atoms with Crippen molar-refractivity contribution in [3.63, 3.8) is 0 Å². The lowest BCUT2D eigenvalue weighted by Crippen LogP contribution is -2.04. The molecule has 2 nitrogen and oxygen atoms in total. The third-order valence-electron chi connectivity index (χ3n) is 3.03. The standard InChI is InChI=1S/C17H17FO2/c1-13(19)16-10-9-15(18)12-17(16)20-11-5-8-14-6-3-2-4-7-14/h2-4,6-7,9-10,12H,5,8,11H2,1H3. The van der Waals surface area contributed by atoms with Crippen molar-refractivity contribution >= 4 is 5.78 Å². The highest BCUT2D eigenvalue weighted by Crippen LogP contribution is 2.20. The van der Waals surface area contributed by atoms with E-state index in [0.717, 1.165) is 12.8 Å². The van der Waals surface area contributed by atoms with Crippen LogP contribution in [-0.2, 0) is 6.42 Å². The van der Waals surface area contributed by atoms with E-state index in [-0.39, 0.29) is 5.78 Å². The van der Waals surface area contributed by atoms with Crippen molar-refractivity contribution in [3.05, 3.63) is 65.5 Å². The summed E-state index contributed by atoms with van der Waals surface area (Å²) in [6.45, 7) is 1.91. The molecular formula is C17H17FO2. The number of carbonyl (C=O) groups is 1. The highest BCUT2D eigenvalue weighted by Gasteiger charge is 2.09. The van der Waals surface area contributed by atoms with Crippen molar-refractivity contribution < 1.29 is 13.9 Å². The van der Waals surface area contributed by atoms with E-state index in [1.165, 1.54) is 30.7 Å². The summed E-state index contributed by atoms with van der Waals surface area (Å²) in [5.41, 5.74) is 1.66. The number of benzene rings is 2. The molecule has 0 bridgehead atoms. The molecule has 0 spiro atoms. The van der Waals surface area contributed by atoms with Crippen molar-refractivity contribution in [3.8, 4) is 5.75 Å². The maximum absolute atomic E-state index is 13.2. The molecule has 2 aromatic carbocycles. The number of hydrogen-bond donors (Lipinski definition) is 0. The van der Waals surface area contributed by atoms with Gasteiger partial charge in [0, 0.05) is 6.07 Å². The Balaban J connectivity index is 1.91. The van der Waals surface area contributed by atoms with Crippen LogP contribution >= 0.6 is 0 Å². The molecule has 3 heteroatoms. The summed E-state index contributed by atoms with van der Waals surface area (Å²) >= 11 is 0. The van der Waals surface area contributed by atoms with Gasteiger partial charge in [0.1, 0.15) is 11.6 Å². The monoisotopic (exact) mass is 272 g/mol. The van der Waals surface area contributed by atoms with Crippen LogP contribution in [-0.4, -0.2) is 12.4 Å². The van der Waals surface area contributed by atoms with Gasteiger partial charge >= 0.3 is 0 Å². The maximum atomic E-state index is 13.2. The van der Waals surface area contributed by atoms with Gasteiger partial charge in [-0.15, -0.1) is 0 Å². The summed E-state index contributed by atoms with van der Waals surface area (Å²) in [5.74, 6) is -0.193. The SMILES string of the molecule is CC(=O)c1ccc(F)cc1OCCCc1ccccc1. The van der Waals surface area contributed by atoms with Crippen LogP contribution in [0, 0.1) is 5.82 Å². The first kappa shape index (κ1) is 14.3. The van der Waals surface area contributed by atoms with Crippen LogP contribution in [0.4, 0.5) is 4.39 Å². The van der Waals surface area contributed by atoms with Gasteiger partial charge in [0.2, 0.25) is 0 Å². The molecule has 0 aliphatic rings. The van der Waals surface area contributed by atoms with Gasteiger partial charge in [0.15, 0.2) is 5.78 Å². The van der Waals surface area contributed by atoms with E-state index in [4.69, 9.17) is 4.74 Å². The van der Waals surface area contributed by atoms with E-state index in [1.54, 1.807) is 0 Å². The fourth-order valence-corrected chi connectivity index (χ4v) is 2.01. The predicted octanol–water partition coefficient (Wildman–Crippen LogP) is 4.04. The molecule has 104 valence electrons. The van der Waals surface area contributed by atoms with Crippen molar-refractivity contribution in [1.29, 1.82) is 0 Å². The third kappa shape index (κ3) is 3.92. The van der Waals surface area contributed by atoms with Crippen molar-refractivity contribution in [2.75, 3.05) is 6.61 Å². The fourth-order valence-electron chi connectivity index (χ4n) is 2.01. The molecule has 0 saturated heterocycles. The molecule has 0 fully saturated rings. The summed E-state index contributed by atoms with van der Waals surface area (Å²) in [4.78, 5) is 11.4. The van der Waals surface area contributed by atoms with Crippen LogP contribution in [0.5, 0.6) is 5.75 Å². The predicted molar refractivity (Wildman–Crippen MR) is 76.7 cm³/mol. The number of ether oxygens (including phenoxy) is 1. The number of rotatable bonds is 6.